The molecule has 0 radical (unpaired) electrons. The van der Waals surface area contributed by atoms with E-state index in [1.54, 1.807) is 54.6 Å². The van der Waals surface area contributed by atoms with Crippen LogP contribution in [-0.4, -0.2) is 17.8 Å². The van der Waals surface area contributed by atoms with Gasteiger partial charge in [0.15, 0.2) is 5.78 Å². The van der Waals surface area contributed by atoms with E-state index in [2.05, 4.69) is 21.2 Å². The molecule has 0 saturated carbocycles. The summed E-state index contributed by atoms with van der Waals surface area (Å²) in [6, 6.07) is 14.6. The molecule has 108 valence electrons. The van der Waals surface area contributed by atoms with E-state index < -0.39 is 12.0 Å². The van der Waals surface area contributed by atoms with Crippen molar-refractivity contribution in [3.8, 4) is 0 Å². The molecule has 5 heteroatoms. The highest BCUT2D eigenvalue weighted by Gasteiger charge is 2.16. The molecule has 1 atom stereocenters. The molecular weight excluding hydrogens is 334 g/mol. The molecule has 0 bridgehead atoms. The van der Waals surface area contributed by atoms with Gasteiger partial charge in [0.1, 0.15) is 0 Å². The van der Waals surface area contributed by atoms with Crippen molar-refractivity contribution in [2.24, 2.45) is 0 Å². The SMILES string of the molecule is O=C(CC(Nc1ccc(Br)cc1)C(=O)[O-])c1ccccc1. The first-order valence-corrected chi connectivity index (χ1v) is 7.17. The highest BCUT2D eigenvalue weighted by molar-refractivity contribution is 9.10. The van der Waals surface area contributed by atoms with Crippen molar-refractivity contribution in [3.63, 3.8) is 0 Å². The Balaban J connectivity index is 2.07. The number of benzene rings is 2. The molecule has 21 heavy (non-hydrogen) atoms. The van der Waals surface area contributed by atoms with Gasteiger partial charge < -0.3 is 15.2 Å². The van der Waals surface area contributed by atoms with E-state index in [0.717, 1.165) is 4.47 Å². The molecule has 1 N–H and O–H groups in total. The Bertz CT molecular complexity index is 626. The van der Waals surface area contributed by atoms with Crippen molar-refractivity contribution in [3.05, 3.63) is 64.6 Å². The van der Waals surface area contributed by atoms with Crippen LogP contribution in [0.2, 0.25) is 0 Å². The average Bonchev–Trinajstić information content (AvgIpc) is 2.49. The molecule has 0 aliphatic carbocycles. The molecule has 2 rings (SSSR count). The Kier molecular flexibility index (Phi) is 5.11. The van der Waals surface area contributed by atoms with Crippen molar-refractivity contribution in [2.75, 3.05) is 5.32 Å². The van der Waals surface area contributed by atoms with Gasteiger partial charge in [0.2, 0.25) is 0 Å². The standard InChI is InChI=1S/C16H14BrNO3/c17-12-6-8-13(9-7-12)18-14(16(20)21)10-15(19)11-4-2-1-3-5-11/h1-9,14,18H,10H2,(H,20,21)/p-1. The topological polar surface area (TPSA) is 69.2 Å². The zero-order chi connectivity index (χ0) is 15.2. The molecule has 0 saturated heterocycles. The minimum atomic E-state index is -1.30. The van der Waals surface area contributed by atoms with E-state index in [-0.39, 0.29) is 12.2 Å². The monoisotopic (exact) mass is 346 g/mol. The molecule has 0 amide bonds. The number of Topliss-reactive ketones (excluding diaryl/α,β-unsaturated/α-hetero) is 1. The summed E-state index contributed by atoms with van der Waals surface area (Å²) in [4.78, 5) is 23.3. The molecule has 1 unspecified atom stereocenters. The number of hydrogen-bond donors (Lipinski definition) is 1. The van der Waals surface area contributed by atoms with Crippen molar-refractivity contribution >= 4 is 33.4 Å². The quantitative estimate of drug-likeness (QED) is 0.814. The third-order valence-electron chi connectivity index (χ3n) is 2.95. The molecular formula is C16H13BrNO3-. The number of nitrogens with one attached hydrogen (secondary N) is 1. The summed E-state index contributed by atoms with van der Waals surface area (Å²) >= 11 is 3.30. The van der Waals surface area contributed by atoms with E-state index in [0.29, 0.717) is 11.3 Å². The second-order valence-corrected chi connectivity index (χ2v) is 5.43. The number of carboxylic acid groups (broad SMARTS) is 1. The minimum absolute atomic E-state index is 0.164. The summed E-state index contributed by atoms with van der Waals surface area (Å²) in [5.41, 5.74) is 1.11. The van der Waals surface area contributed by atoms with Gasteiger partial charge in [-0.15, -0.1) is 0 Å². The first kappa shape index (κ1) is 15.3. The lowest BCUT2D eigenvalue weighted by Gasteiger charge is -2.20. The van der Waals surface area contributed by atoms with Crippen LogP contribution in [-0.2, 0) is 4.79 Å². The minimum Gasteiger partial charge on any atom is -0.548 e. The second-order valence-electron chi connectivity index (χ2n) is 4.52. The van der Waals surface area contributed by atoms with Crippen molar-refractivity contribution in [1.82, 2.24) is 0 Å². The van der Waals surface area contributed by atoms with Crippen molar-refractivity contribution in [2.45, 2.75) is 12.5 Å². The lowest BCUT2D eigenvalue weighted by atomic mass is 10.0. The number of ketones is 1. The fourth-order valence-corrected chi connectivity index (χ4v) is 2.13. The normalized spacial score (nSPS) is 11.7. The van der Waals surface area contributed by atoms with Crippen LogP contribution in [0.25, 0.3) is 0 Å². The van der Waals surface area contributed by atoms with Gasteiger partial charge in [0.25, 0.3) is 0 Å². The average molecular weight is 347 g/mol. The molecule has 0 spiro atoms. The fraction of sp³-hybridized carbons (Fsp3) is 0.125. The van der Waals surface area contributed by atoms with Gasteiger partial charge in [0, 0.05) is 22.1 Å². The van der Waals surface area contributed by atoms with E-state index in [1.165, 1.54) is 0 Å². The first-order valence-electron chi connectivity index (χ1n) is 6.37. The first-order chi connectivity index (χ1) is 10.1. The number of halogens is 1. The van der Waals surface area contributed by atoms with Crippen LogP contribution < -0.4 is 10.4 Å². The lowest BCUT2D eigenvalue weighted by molar-refractivity contribution is -0.306. The zero-order valence-corrected chi connectivity index (χ0v) is 12.7. The molecule has 2 aromatic carbocycles. The summed E-state index contributed by atoms with van der Waals surface area (Å²) in [6.07, 6.45) is -0.164. The highest BCUT2D eigenvalue weighted by atomic mass is 79.9. The van der Waals surface area contributed by atoms with Crippen LogP contribution in [0.5, 0.6) is 0 Å². The predicted octanol–water partition coefficient (Wildman–Crippen LogP) is 2.25. The van der Waals surface area contributed by atoms with Gasteiger partial charge in [-0.05, 0) is 24.3 Å². The maximum atomic E-state index is 12.1. The fourth-order valence-electron chi connectivity index (χ4n) is 1.87. The third kappa shape index (κ3) is 4.43. The number of hydrogen-bond acceptors (Lipinski definition) is 4. The number of carbonyl (C=O) groups excluding carboxylic acids is 2. The predicted molar refractivity (Wildman–Crippen MR) is 81.9 cm³/mol. The van der Waals surface area contributed by atoms with Crippen LogP contribution in [0.15, 0.2) is 59.1 Å². The van der Waals surface area contributed by atoms with Crippen molar-refractivity contribution < 1.29 is 14.7 Å². The third-order valence-corrected chi connectivity index (χ3v) is 3.48. The largest absolute Gasteiger partial charge is 0.548 e. The van der Waals surface area contributed by atoms with Gasteiger partial charge in [-0.1, -0.05) is 46.3 Å². The Morgan fingerprint density at radius 3 is 2.24 bits per heavy atom. The molecule has 2 aromatic rings. The summed E-state index contributed by atoms with van der Waals surface area (Å²) in [7, 11) is 0. The molecule has 0 heterocycles. The Labute approximate surface area is 130 Å². The second kappa shape index (κ2) is 7.04. The number of carbonyl (C=O) groups is 2. The van der Waals surface area contributed by atoms with Gasteiger partial charge in [-0.3, -0.25) is 4.79 Å². The van der Waals surface area contributed by atoms with Gasteiger partial charge in [0.05, 0.1) is 12.0 Å². The van der Waals surface area contributed by atoms with Crippen LogP contribution >= 0.6 is 15.9 Å². The number of carboxylic acids is 1. The van der Waals surface area contributed by atoms with E-state index in [1.807, 2.05) is 0 Å². The smallest absolute Gasteiger partial charge is 0.165 e. The highest BCUT2D eigenvalue weighted by Crippen LogP contribution is 2.16. The van der Waals surface area contributed by atoms with Gasteiger partial charge in [-0.2, -0.15) is 0 Å². The van der Waals surface area contributed by atoms with Crippen LogP contribution in [0.1, 0.15) is 16.8 Å². The Hall–Kier alpha value is -2.14. The molecule has 0 aliphatic rings. The Morgan fingerprint density at radius 2 is 1.67 bits per heavy atom. The van der Waals surface area contributed by atoms with Gasteiger partial charge in [-0.25, -0.2) is 0 Å². The molecule has 0 fully saturated rings. The molecule has 0 aliphatic heterocycles. The summed E-state index contributed by atoms with van der Waals surface area (Å²) in [5.74, 6) is -1.54. The van der Waals surface area contributed by atoms with E-state index >= 15 is 0 Å². The zero-order valence-electron chi connectivity index (χ0n) is 11.1. The van der Waals surface area contributed by atoms with Crippen molar-refractivity contribution in [1.29, 1.82) is 0 Å². The van der Waals surface area contributed by atoms with Gasteiger partial charge >= 0.3 is 0 Å². The van der Waals surface area contributed by atoms with E-state index in [4.69, 9.17) is 0 Å². The lowest BCUT2D eigenvalue weighted by Crippen LogP contribution is -2.42. The van der Waals surface area contributed by atoms with Crippen LogP contribution in [0.3, 0.4) is 0 Å². The number of aliphatic carboxylic acids is 1. The molecule has 0 aromatic heterocycles. The summed E-state index contributed by atoms with van der Waals surface area (Å²) < 4.78 is 0.887. The Morgan fingerprint density at radius 1 is 1.05 bits per heavy atom. The number of anilines is 1. The van der Waals surface area contributed by atoms with Crippen LogP contribution in [0.4, 0.5) is 5.69 Å². The maximum Gasteiger partial charge on any atom is 0.165 e. The maximum absolute atomic E-state index is 12.1. The van der Waals surface area contributed by atoms with Crippen LogP contribution in [0, 0.1) is 0 Å². The summed E-state index contributed by atoms with van der Waals surface area (Å²) in [6.45, 7) is 0. The molecule has 4 nitrogen and oxygen atoms in total. The summed E-state index contributed by atoms with van der Waals surface area (Å²) in [5, 5.41) is 14.0. The number of rotatable bonds is 6. The van der Waals surface area contributed by atoms with E-state index in [9.17, 15) is 14.7 Å².